The molecular formula is C10H11ClFNO3. The molecule has 0 saturated heterocycles. The van der Waals surface area contributed by atoms with Gasteiger partial charge in [0.05, 0.1) is 18.2 Å². The van der Waals surface area contributed by atoms with E-state index < -0.39 is 11.7 Å². The number of amides is 1. The fourth-order valence-corrected chi connectivity index (χ4v) is 1.06. The Hall–Kier alpha value is -1.17. The molecule has 0 unspecified atom stereocenters. The van der Waals surface area contributed by atoms with Crippen LogP contribution < -0.4 is 5.48 Å². The van der Waals surface area contributed by atoms with Crippen molar-refractivity contribution in [1.82, 2.24) is 5.48 Å². The zero-order valence-electron chi connectivity index (χ0n) is 8.63. The van der Waals surface area contributed by atoms with Gasteiger partial charge in [0.25, 0.3) is 5.91 Å². The summed E-state index contributed by atoms with van der Waals surface area (Å²) in [5.41, 5.74) is 2.29. The van der Waals surface area contributed by atoms with Crippen LogP contribution in [0.15, 0.2) is 18.2 Å². The number of benzene rings is 1. The summed E-state index contributed by atoms with van der Waals surface area (Å²) < 4.78 is 17.7. The molecule has 0 aliphatic rings. The van der Waals surface area contributed by atoms with Crippen LogP contribution in [0.3, 0.4) is 0 Å². The highest BCUT2D eigenvalue weighted by Crippen LogP contribution is 2.15. The van der Waals surface area contributed by atoms with Crippen molar-refractivity contribution in [2.75, 3.05) is 20.3 Å². The van der Waals surface area contributed by atoms with Gasteiger partial charge in [-0.3, -0.25) is 9.63 Å². The van der Waals surface area contributed by atoms with E-state index in [4.69, 9.17) is 21.2 Å². The van der Waals surface area contributed by atoms with Crippen LogP contribution >= 0.6 is 11.6 Å². The first-order chi connectivity index (χ1) is 7.65. The van der Waals surface area contributed by atoms with Crippen LogP contribution in [0.2, 0.25) is 5.02 Å². The SMILES string of the molecule is COCCONC(=O)c1ccc(Cl)c(F)c1. The van der Waals surface area contributed by atoms with Gasteiger partial charge in [0.15, 0.2) is 0 Å². The molecule has 0 fully saturated rings. The Morgan fingerprint density at radius 2 is 2.25 bits per heavy atom. The van der Waals surface area contributed by atoms with Gasteiger partial charge in [0.1, 0.15) is 5.82 Å². The first kappa shape index (κ1) is 12.9. The highest BCUT2D eigenvalue weighted by Gasteiger charge is 2.08. The molecule has 6 heteroatoms. The van der Waals surface area contributed by atoms with Gasteiger partial charge >= 0.3 is 0 Å². The molecule has 0 aliphatic heterocycles. The zero-order valence-corrected chi connectivity index (χ0v) is 9.38. The van der Waals surface area contributed by atoms with Crippen LogP contribution in [0, 0.1) is 5.82 Å². The van der Waals surface area contributed by atoms with Gasteiger partial charge in [0.2, 0.25) is 0 Å². The van der Waals surface area contributed by atoms with Crippen molar-refractivity contribution in [1.29, 1.82) is 0 Å². The number of halogens is 2. The second kappa shape index (κ2) is 6.42. The normalized spacial score (nSPS) is 10.2. The van der Waals surface area contributed by atoms with Crippen molar-refractivity contribution in [3.63, 3.8) is 0 Å². The van der Waals surface area contributed by atoms with E-state index in [-0.39, 0.29) is 17.2 Å². The van der Waals surface area contributed by atoms with Gasteiger partial charge in [-0.1, -0.05) is 11.6 Å². The van der Waals surface area contributed by atoms with Crippen molar-refractivity contribution in [2.45, 2.75) is 0 Å². The van der Waals surface area contributed by atoms with Crippen LogP contribution in [-0.2, 0) is 9.57 Å². The van der Waals surface area contributed by atoms with Crippen LogP contribution in [0.4, 0.5) is 4.39 Å². The summed E-state index contributed by atoms with van der Waals surface area (Å²) in [6.07, 6.45) is 0. The Labute approximate surface area is 97.3 Å². The molecule has 1 aromatic rings. The average molecular weight is 248 g/mol. The minimum atomic E-state index is -0.647. The highest BCUT2D eigenvalue weighted by atomic mass is 35.5. The second-order valence-corrected chi connectivity index (χ2v) is 3.31. The number of rotatable bonds is 5. The molecule has 0 heterocycles. The summed E-state index contributed by atoms with van der Waals surface area (Å²) in [4.78, 5) is 16.2. The first-order valence-electron chi connectivity index (χ1n) is 4.51. The smallest absolute Gasteiger partial charge is 0.274 e. The maximum Gasteiger partial charge on any atom is 0.274 e. The monoisotopic (exact) mass is 247 g/mol. The molecule has 0 spiro atoms. The van der Waals surface area contributed by atoms with Crippen molar-refractivity contribution in [3.8, 4) is 0 Å². The molecule has 0 atom stereocenters. The van der Waals surface area contributed by atoms with Gasteiger partial charge in [-0.25, -0.2) is 9.87 Å². The number of methoxy groups -OCH3 is 1. The third-order valence-corrected chi connectivity index (χ3v) is 2.04. The third kappa shape index (κ3) is 3.77. The lowest BCUT2D eigenvalue weighted by molar-refractivity contribution is 0.00887. The Bertz CT molecular complexity index is 373. The molecule has 1 amide bonds. The fourth-order valence-electron chi connectivity index (χ4n) is 0.938. The van der Waals surface area contributed by atoms with Gasteiger partial charge in [0, 0.05) is 12.7 Å². The van der Waals surface area contributed by atoms with E-state index in [9.17, 15) is 9.18 Å². The Morgan fingerprint density at radius 3 is 2.88 bits per heavy atom. The lowest BCUT2D eigenvalue weighted by atomic mass is 10.2. The number of carbonyl (C=O) groups excluding carboxylic acids is 1. The molecule has 16 heavy (non-hydrogen) atoms. The summed E-state index contributed by atoms with van der Waals surface area (Å²) in [6.45, 7) is 0.577. The van der Waals surface area contributed by atoms with E-state index in [1.54, 1.807) is 0 Å². The minimum absolute atomic E-state index is 0.0307. The van der Waals surface area contributed by atoms with Crippen molar-refractivity contribution in [2.24, 2.45) is 0 Å². The molecule has 1 aromatic carbocycles. The van der Waals surface area contributed by atoms with E-state index in [0.29, 0.717) is 6.61 Å². The van der Waals surface area contributed by atoms with E-state index >= 15 is 0 Å². The number of ether oxygens (including phenoxy) is 1. The number of hydroxylamine groups is 1. The van der Waals surface area contributed by atoms with E-state index in [1.165, 1.54) is 19.2 Å². The number of carbonyl (C=O) groups is 1. The van der Waals surface area contributed by atoms with E-state index in [0.717, 1.165) is 6.07 Å². The molecule has 0 saturated carbocycles. The number of hydrogen-bond acceptors (Lipinski definition) is 3. The summed E-state index contributed by atoms with van der Waals surface area (Å²) in [7, 11) is 1.51. The predicted molar refractivity (Wildman–Crippen MR) is 56.7 cm³/mol. The largest absolute Gasteiger partial charge is 0.382 e. The standard InChI is InChI=1S/C10H11ClFNO3/c1-15-4-5-16-13-10(14)7-2-3-8(11)9(12)6-7/h2-3,6H,4-5H2,1H3,(H,13,14). The number of nitrogens with one attached hydrogen (secondary N) is 1. The van der Waals surface area contributed by atoms with E-state index in [1.807, 2.05) is 0 Å². The topological polar surface area (TPSA) is 47.6 Å². The molecule has 4 nitrogen and oxygen atoms in total. The van der Waals surface area contributed by atoms with Crippen molar-refractivity contribution >= 4 is 17.5 Å². The first-order valence-corrected chi connectivity index (χ1v) is 4.89. The average Bonchev–Trinajstić information content (AvgIpc) is 2.28. The van der Waals surface area contributed by atoms with Gasteiger partial charge in [-0.15, -0.1) is 0 Å². The third-order valence-electron chi connectivity index (χ3n) is 1.74. The molecule has 0 bridgehead atoms. The Morgan fingerprint density at radius 1 is 1.50 bits per heavy atom. The zero-order chi connectivity index (χ0) is 12.0. The fraction of sp³-hybridized carbons (Fsp3) is 0.300. The summed E-state index contributed by atoms with van der Waals surface area (Å²) in [5, 5.41) is -0.0307. The van der Waals surface area contributed by atoms with Gasteiger partial charge in [-0.05, 0) is 18.2 Å². The van der Waals surface area contributed by atoms with E-state index in [2.05, 4.69) is 5.48 Å². The molecule has 88 valence electrons. The molecule has 0 aliphatic carbocycles. The van der Waals surface area contributed by atoms with Crippen LogP contribution in [0.25, 0.3) is 0 Å². The highest BCUT2D eigenvalue weighted by molar-refractivity contribution is 6.30. The number of hydrogen-bond donors (Lipinski definition) is 1. The molecule has 1 rings (SSSR count). The molecule has 0 radical (unpaired) electrons. The lowest BCUT2D eigenvalue weighted by Gasteiger charge is -2.05. The molecule has 0 aromatic heterocycles. The van der Waals surface area contributed by atoms with Crippen molar-refractivity contribution < 1.29 is 18.8 Å². The van der Waals surface area contributed by atoms with Crippen molar-refractivity contribution in [3.05, 3.63) is 34.6 Å². The molecule has 1 N–H and O–H groups in total. The Balaban J connectivity index is 2.50. The maximum atomic E-state index is 13.0. The lowest BCUT2D eigenvalue weighted by Crippen LogP contribution is -2.25. The Kier molecular flexibility index (Phi) is 5.18. The maximum absolute atomic E-state index is 13.0. The quantitative estimate of drug-likeness (QED) is 0.637. The predicted octanol–water partition coefficient (Wildman–Crippen LogP) is 1.79. The van der Waals surface area contributed by atoms with Crippen LogP contribution in [-0.4, -0.2) is 26.2 Å². The molecular weight excluding hydrogens is 237 g/mol. The van der Waals surface area contributed by atoms with Crippen LogP contribution in [0.5, 0.6) is 0 Å². The summed E-state index contributed by atoms with van der Waals surface area (Å²) in [5.74, 6) is -1.18. The minimum Gasteiger partial charge on any atom is -0.382 e. The second-order valence-electron chi connectivity index (χ2n) is 2.90. The van der Waals surface area contributed by atoms with Gasteiger partial charge < -0.3 is 4.74 Å². The van der Waals surface area contributed by atoms with Gasteiger partial charge in [-0.2, -0.15) is 0 Å². The summed E-state index contributed by atoms with van der Waals surface area (Å²) in [6, 6.07) is 3.75. The summed E-state index contributed by atoms with van der Waals surface area (Å²) >= 11 is 5.48. The van der Waals surface area contributed by atoms with Crippen LogP contribution in [0.1, 0.15) is 10.4 Å².